The van der Waals surface area contributed by atoms with E-state index in [1.165, 1.54) is 5.56 Å². The second kappa shape index (κ2) is 11.7. The van der Waals surface area contributed by atoms with Crippen molar-refractivity contribution in [3.63, 3.8) is 0 Å². The van der Waals surface area contributed by atoms with Gasteiger partial charge in [0, 0.05) is 18.6 Å². The number of aliphatic carboxylic acids is 1. The number of aryl methyl sites for hydroxylation is 1. The Kier molecular flexibility index (Phi) is 9.59. The number of nitrogens with one attached hydrogen (secondary N) is 1. The van der Waals surface area contributed by atoms with Crippen LogP contribution in [-0.4, -0.2) is 59.3 Å². The number of halogens is 1. The summed E-state index contributed by atoms with van der Waals surface area (Å²) < 4.78 is 5.28. The molecule has 1 aromatic carbocycles. The standard InChI is InChI=1S/C23H34N2O4.ClH/c1-3-29-23(28)20(14-9-17-7-5-4-6-8-17)24-16(2)15-25-19-12-10-18(11-13-19)21(25)22(26)27;/h4-8,16,18-21,24H,3,9-15H2,1-2H3,(H,26,27);1H/t16-,18?,19?,20-,21-;/m0./s1. The second-order valence-electron chi connectivity index (χ2n) is 8.45. The molecule has 0 radical (unpaired) electrons. The predicted octanol–water partition coefficient (Wildman–Crippen LogP) is 3.28. The first-order chi connectivity index (χ1) is 14.0. The lowest BCUT2D eigenvalue weighted by Crippen LogP contribution is -2.61. The van der Waals surface area contributed by atoms with E-state index >= 15 is 0 Å². The van der Waals surface area contributed by atoms with Gasteiger partial charge in [-0.05, 0) is 63.9 Å². The highest BCUT2D eigenvalue weighted by molar-refractivity contribution is 5.85. The fourth-order valence-electron chi connectivity index (χ4n) is 5.03. The van der Waals surface area contributed by atoms with Crippen molar-refractivity contribution in [1.29, 1.82) is 0 Å². The Labute approximate surface area is 185 Å². The molecule has 0 aromatic heterocycles. The van der Waals surface area contributed by atoms with Crippen LogP contribution in [-0.2, 0) is 20.7 Å². The molecule has 7 heteroatoms. The molecule has 2 heterocycles. The molecule has 6 nitrogen and oxygen atoms in total. The summed E-state index contributed by atoms with van der Waals surface area (Å²) in [6.07, 6.45) is 5.63. The van der Waals surface area contributed by atoms with Crippen LogP contribution < -0.4 is 5.32 Å². The Hall–Kier alpha value is -1.63. The number of fused-ring (bicyclic) bond motifs is 3. The van der Waals surface area contributed by atoms with E-state index in [4.69, 9.17) is 4.74 Å². The lowest BCUT2D eigenvalue weighted by atomic mass is 9.74. The van der Waals surface area contributed by atoms with Crippen molar-refractivity contribution < 1.29 is 19.4 Å². The third kappa shape index (κ3) is 6.19. The van der Waals surface area contributed by atoms with E-state index in [1.54, 1.807) is 0 Å². The van der Waals surface area contributed by atoms with Gasteiger partial charge in [0.15, 0.2) is 0 Å². The average molecular weight is 439 g/mol. The van der Waals surface area contributed by atoms with Crippen LogP contribution >= 0.6 is 12.4 Å². The van der Waals surface area contributed by atoms with E-state index in [2.05, 4.69) is 22.3 Å². The Morgan fingerprint density at radius 3 is 2.47 bits per heavy atom. The molecular formula is C23H35ClN2O4. The van der Waals surface area contributed by atoms with Gasteiger partial charge in [-0.3, -0.25) is 14.5 Å². The molecule has 3 fully saturated rings. The molecule has 2 bridgehead atoms. The van der Waals surface area contributed by atoms with Gasteiger partial charge in [0.05, 0.1) is 6.61 Å². The number of benzene rings is 1. The number of nitrogens with zero attached hydrogens (tertiary/aromatic N) is 1. The number of hydrogen-bond donors (Lipinski definition) is 2. The number of ether oxygens (including phenoxy) is 1. The highest BCUT2D eigenvalue weighted by Gasteiger charge is 2.45. The van der Waals surface area contributed by atoms with Gasteiger partial charge >= 0.3 is 11.9 Å². The van der Waals surface area contributed by atoms with Crippen molar-refractivity contribution in [2.45, 2.75) is 76.5 Å². The van der Waals surface area contributed by atoms with Crippen LogP contribution in [0.5, 0.6) is 0 Å². The summed E-state index contributed by atoms with van der Waals surface area (Å²) in [5, 5.41) is 13.2. The number of carbonyl (C=O) groups excluding carboxylic acids is 1. The van der Waals surface area contributed by atoms with Crippen LogP contribution in [0.15, 0.2) is 30.3 Å². The third-order valence-electron chi connectivity index (χ3n) is 6.37. The first-order valence-electron chi connectivity index (χ1n) is 10.9. The maximum Gasteiger partial charge on any atom is 0.323 e. The largest absolute Gasteiger partial charge is 0.480 e. The summed E-state index contributed by atoms with van der Waals surface area (Å²) in [5.74, 6) is -0.688. The molecule has 2 aliphatic heterocycles. The van der Waals surface area contributed by atoms with Gasteiger partial charge in [0.25, 0.3) is 0 Å². The molecule has 2 N–H and O–H groups in total. The molecule has 4 rings (SSSR count). The van der Waals surface area contributed by atoms with Crippen LogP contribution in [0.3, 0.4) is 0 Å². The van der Waals surface area contributed by atoms with E-state index in [-0.39, 0.29) is 30.3 Å². The third-order valence-corrected chi connectivity index (χ3v) is 6.37. The molecule has 3 atom stereocenters. The number of carboxylic acid groups (broad SMARTS) is 1. The zero-order valence-corrected chi connectivity index (χ0v) is 18.8. The number of esters is 1. The molecular weight excluding hydrogens is 404 g/mol. The minimum absolute atomic E-state index is 0. The molecule has 2 saturated heterocycles. The number of carbonyl (C=O) groups is 2. The van der Waals surface area contributed by atoms with Gasteiger partial charge in [-0.25, -0.2) is 0 Å². The fraction of sp³-hybridized carbons (Fsp3) is 0.652. The van der Waals surface area contributed by atoms with E-state index < -0.39 is 18.1 Å². The number of piperidine rings is 2. The average Bonchev–Trinajstić information content (AvgIpc) is 2.72. The molecule has 0 unspecified atom stereocenters. The summed E-state index contributed by atoms with van der Waals surface area (Å²) in [7, 11) is 0. The van der Waals surface area contributed by atoms with Gasteiger partial charge in [0.2, 0.25) is 0 Å². The monoisotopic (exact) mass is 438 g/mol. The van der Waals surface area contributed by atoms with Gasteiger partial charge in [-0.2, -0.15) is 0 Å². The smallest absolute Gasteiger partial charge is 0.323 e. The topological polar surface area (TPSA) is 78.9 Å². The van der Waals surface area contributed by atoms with Crippen LogP contribution in [0.25, 0.3) is 0 Å². The van der Waals surface area contributed by atoms with Crippen molar-refractivity contribution in [3.8, 4) is 0 Å². The highest BCUT2D eigenvalue weighted by atomic mass is 35.5. The van der Waals surface area contributed by atoms with E-state index in [1.807, 2.05) is 32.0 Å². The summed E-state index contributed by atoms with van der Waals surface area (Å²) in [4.78, 5) is 26.5. The normalized spacial score (nSPS) is 25.2. The summed E-state index contributed by atoms with van der Waals surface area (Å²) in [6.45, 7) is 4.85. The minimum Gasteiger partial charge on any atom is -0.480 e. The van der Waals surface area contributed by atoms with Crippen LogP contribution in [0, 0.1) is 5.92 Å². The van der Waals surface area contributed by atoms with Crippen LogP contribution in [0.2, 0.25) is 0 Å². The second-order valence-corrected chi connectivity index (χ2v) is 8.45. The zero-order valence-electron chi connectivity index (χ0n) is 18.0. The first kappa shape index (κ1) is 24.6. The van der Waals surface area contributed by atoms with Crippen molar-refractivity contribution in [1.82, 2.24) is 10.2 Å². The van der Waals surface area contributed by atoms with Gasteiger partial charge in [-0.15, -0.1) is 12.4 Å². The summed E-state index contributed by atoms with van der Waals surface area (Å²) in [6, 6.07) is 9.67. The molecule has 1 saturated carbocycles. The van der Waals surface area contributed by atoms with Gasteiger partial charge in [0.1, 0.15) is 12.1 Å². The van der Waals surface area contributed by atoms with Crippen molar-refractivity contribution in [3.05, 3.63) is 35.9 Å². The van der Waals surface area contributed by atoms with Crippen molar-refractivity contribution in [2.75, 3.05) is 13.2 Å². The molecule has 168 valence electrons. The maximum atomic E-state index is 12.5. The minimum atomic E-state index is -0.711. The Balaban J connectivity index is 0.00000320. The lowest BCUT2D eigenvalue weighted by molar-refractivity contribution is -0.153. The molecule has 1 aromatic rings. The van der Waals surface area contributed by atoms with Gasteiger partial charge < -0.3 is 15.2 Å². The quantitative estimate of drug-likeness (QED) is 0.546. The predicted molar refractivity (Wildman–Crippen MR) is 119 cm³/mol. The summed E-state index contributed by atoms with van der Waals surface area (Å²) in [5.41, 5.74) is 1.19. The Morgan fingerprint density at radius 1 is 1.20 bits per heavy atom. The van der Waals surface area contributed by atoms with E-state index in [9.17, 15) is 14.7 Å². The Morgan fingerprint density at radius 2 is 1.87 bits per heavy atom. The number of rotatable bonds is 10. The number of hydrogen-bond acceptors (Lipinski definition) is 5. The van der Waals surface area contributed by atoms with Gasteiger partial charge in [-0.1, -0.05) is 30.3 Å². The maximum absolute atomic E-state index is 12.5. The Bertz CT molecular complexity index is 679. The SMILES string of the molecule is CCOC(=O)[C@H](CCc1ccccc1)N[C@@H](C)CN1C2CCC(CC2)[C@H]1C(=O)O.Cl. The van der Waals surface area contributed by atoms with E-state index in [0.29, 0.717) is 25.6 Å². The van der Waals surface area contributed by atoms with Crippen LogP contribution in [0.4, 0.5) is 0 Å². The fourth-order valence-corrected chi connectivity index (χ4v) is 5.03. The molecule has 0 amide bonds. The first-order valence-corrected chi connectivity index (χ1v) is 10.9. The highest BCUT2D eigenvalue weighted by Crippen LogP contribution is 2.39. The molecule has 0 spiro atoms. The molecule has 1 aliphatic carbocycles. The lowest BCUT2D eigenvalue weighted by Gasteiger charge is -2.50. The van der Waals surface area contributed by atoms with Crippen LogP contribution in [0.1, 0.15) is 51.5 Å². The summed E-state index contributed by atoms with van der Waals surface area (Å²) >= 11 is 0. The molecule has 3 aliphatic rings. The van der Waals surface area contributed by atoms with Crippen molar-refractivity contribution >= 4 is 24.3 Å². The van der Waals surface area contributed by atoms with Crippen molar-refractivity contribution in [2.24, 2.45) is 5.92 Å². The zero-order chi connectivity index (χ0) is 20.8. The van der Waals surface area contributed by atoms with E-state index in [0.717, 1.165) is 32.1 Å². The number of carboxylic acids is 1. The molecule has 30 heavy (non-hydrogen) atoms.